The van der Waals surface area contributed by atoms with Gasteiger partial charge in [-0.3, -0.25) is 9.78 Å². The summed E-state index contributed by atoms with van der Waals surface area (Å²) in [6.07, 6.45) is 3.91. The smallest absolute Gasteiger partial charge is 0.410 e. The summed E-state index contributed by atoms with van der Waals surface area (Å²) in [7, 11) is 0. The molecule has 10 heteroatoms. The number of nitrogens with zero attached hydrogens (tertiary/aromatic N) is 6. The Morgan fingerprint density at radius 3 is 2.85 bits per heavy atom. The van der Waals surface area contributed by atoms with E-state index in [1.807, 2.05) is 12.1 Å². The van der Waals surface area contributed by atoms with Gasteiger partial charge in [-0.1, -0.05) is 6.07 Å². The Kier molecular flexibility index (Phi) is 5.51. The summed E-state index contributed by atoms with van der Waals surface area (Å²) in [6, 6.07) is 7.16. The third kappa shape index (κ3) is 4.00. The molecule has 0 radical (unpaired) electrons. The fraction of sp³-hybridized carbons (Fsp3) is 0.417. The van der Waals surface area contributed by atoms with E-state index in [-0.39, 0.29) is 23.2 Å². The quantitative estimate of drug-likeness (QED) is 0.634. The standard InChI is InChI=1S/C24H27N7O3/c1-4-34-23(33)30-11-9-15-13-25-18(12-16(15)14-30)22(32)27-19-7-5-6-17(26-19)21-29-28-20-8-10-24(2,3)31(20)21/h5-7,12-13H,4,8-11,14H2,1-3H3,(H,26,27,32). The first kappa shape index (κ1) is 22.0. The Morgan fingerprint density at radius 2 is 2.03 bits per heavy atom. The summed E-state index contributed by atoms with van der Waals surface area (Å²) < 4.78 is 7.23. The Hall–Kier alpha value is -3.82. The van der Waals surface area contributed by atoms with Crippen LogP contribution in [-0.2, 0) is 29.7 Å². The van der Waals surface area contributed by atoms with Crippen LogP contribution in [-0.4, -0.2) is 54.8 Å². The SMILES string of the molecule is CCOC(=O)N1CCc2cnc(C(=O)Nc3cccc(-c4nnc5n4C(C)(C)CC5)n3)cc2C1. The van der Waals surface area contributed by atoms with E-state index in [1.165, 1.54) is 0 Å². The molecule has 5 heterocycles. The van der Waals surface area contributed by atoms with Gasteiger partial charge in [-0.2, -0.15) is 0 Å². The Labute approximate surface area is 197 Å². The van der Waals surface area contributed by atoms with Crippen LogP contribution in [0.2, 0.25) is 0 Å². The molecule has 0 saturated carbocycles. The molecule has 5 rings (SSSR count). The first-order valence-electron chi connectivity index (χ1n) is 11.5. The molecule has 3 aromatic heterocycles. The first-order chi connectivity index (χ1) is 16.4. The zero-order valence-corrected chi connectivity index (χ0v) is 19.5. The molecule has 0 aliphatic carbocycles. The molecule has 2 amide bonds. The van der Waals surface area contributed by atoms with Crippen LogP contribution in [0.1, 0.15) is 54.6 Å². The number of carbonyl (C=O) groups excluding carboxylic acids is 2. The number of aryl methyl sites for hydroxylation is 1. The molecule has 0 bridgehead atoms. The van der Waals surface area contributed by atoms with Gasteiger partial charge in [-0.15, -0.1) is 10.2 Å². The number of fused-ring (bicyclic) bond motifs is 2. The van der Waals surface area contributed by atoms with Crippen LogP contribution >= 0.6 is 0 Å². The summed E-state index contributed by atoms with van der Waals surface area (Å²) >= 11 is 0. The average molecular weight is 462 g/mol. The molecular formula is C24H27N7O3. The number of aromatic nitrogens is 5. The average Bonchev–Trinajstić information content (AvgIpc) is 3.40. The molecule has 0 spiro atoms. The summed E-state index contributed by atoms with van der Waals surface area (Å²) in [5, 5.41) is 11.5. The number of anilines is 1. The number of amides is 2. The molecule has 1 N–H and O–H groups in total. The second kappa shape index (κ2) is 8.51. The summed E-state index contributed by atoms with van der Waals surface area (Å²) in [6.45, 7) is 7.38. The van der Waals surface area contributed by atoms with E-state index in [0.717, 1.165) is 29.8 Å². The van der Waals surface area contributed by atoms with Crippen molar-refractivity contribution < 1.29 is 14.3 Å². The molecule has 0 unspecified atom stereocenters. The topological polar surface area (TPSA) is 115 Å². The third-order valence-corrected chi connectivity index (χ3v) is 6.37. The number of pyridine rings is 2. The number of hydrogen-bond donors (Lipinski definition) is 1. The van der Waals surface area contributed by atoms with Gasteiger partial charge in [0.1, 0.15) is 23.0 Å². The summed E-state index contributed by atoms with van der Waals surface area (Å²) in [4.78, 5) is 35.6. The molecule has 0 saturated heterocycles. The van der Waals surface area contributed by atoms with Crippen molar-refractivity contribution in [3.8, 4) is 11.5 Å². The highest BCUT2D eigenvalue weighted by Gasteiger charge is 2.34. The fourth-order valence-electron chi connectivity index (χ4n) is 4.55. The molecule has 3 aromatic rings. The molecule has 10 nitrogen and oxygen atoms in total. The predicted octanol–water partition coefficient (Wildman–Crippen LogP) is 3.18. The molecule has 2 aliphatic heterocycles. The molecule has 0 fully saturated rings. The molecule has 34 heavy (non-hydrogen) atoms. The molecule has 2 aliphatic rings. The van der Waals surface area contributed by atoms with E-state index in [1.54, 1.807) is 30.2 Å². The van der Waals surface area contributed by atoms with Crippen molar-refractivity contribution in [2.45, 2.75) is 52.1 Å². The maximum atomic E-state index is 13.0. The van der Waals surface area contributed by atoms with Crippen LogP contribution in [0.4, 0.5) is 10.6 Å². The van der Waals surface area contributed by atoms with Crippen LogP contribution in [0.25, 0.3) is 11.5 Å². The van der Waals surface area contributed by atoms with Crippen molar-refractivity contribution >= 4 is 17.8 Å². The molecule has 0 aromatic carbocycles. The highest BCUT2D eigenvalue weighted by atomic mass is 16.6. The van der Waals surface area contributed by atoms with Gasteiger partial charge >= 0.3 is 6.09 Å². The van der Waals surface area contributed by atoms with Crippen molar-refractivity contribution in [1.29, 1.82) is 0 Å². The van der Waals surface area contributed by atoms with Gasteiger partial charge in [-0.25, -0.2) is 9.78 Å². The van der Waals surface area contributed by atoms with Crippen LogP contribution in [0.3, 0.4) is 0 Å². The zero-order valence-electron chi connectivity index (χ0n) is 19.5. The Morgan fingerprint density at radius 1 is 1.18 bits per heavy atom. The van der Waals surface area contributed by atoms with Gasteiger partial charge < -0.3 is 19.5 Å². The predicted molar refractivity (Wildman–Crippen MR) is 124 cm³/mol. The van der Waals surface area contributed by atoms with E-state index in [2.05, 4.69) is 43.9 Å². The fourth-order valence-corrected chi connectivity index (χ4v) is 4.55. The van der Waals surface area contributed by atoms with E-state index in [9.17, 15) is 9.59 Å². The van der Waals surface area contributed by atoms with Crippen molar-refractivity contribution in [3.63, 3.8) is 0 Å². The van der Waals surface area contributed by atoms with Crippen molar-refractivity contribution in [3.05, 3.63) is 53.1 Å². The second-order valence-electron chi connectivity index (χ2n) is 9.16. The van der Waals surface area contributed by atoms with E-state index >= 15 is 0 Å². The lowest BCUT2D eigenvalue weighted by atomic mass is 10.0. The van der Waals surface area contributed by atoms with Crippen molar-refractivity contribution in [2.75, 3.05) is 18.5 Å². The van der Waals surface area contributed by atoms with Gasteiger partial charge in [0.05, 0.1) is 6.61 Å². The van der Waals surface area contributed by atoms with Crippen LogP contribution in [0.15, 0.2) is 30.5 Å². The lowest BCUT2D eigenvalue weighted by Gasteiger charge is -2.28. The number of ether oxygens (including phenoxy) is 1. The van der Waals surface area contributed by atoms with Gasteiger partial charge in [0.15, 0.2) is 5.82 Å². The molecule has 176 valence electrons. The number of nitrogens with one attached hydrogen (secondary N) is 1. The minimum absolute atomic E-state index is 0.0837. The summed E-state index contributed by atoms with van der Waals surface area (Å²) in [5.41, 5.74) is 2.75. The van der Waals surface area contributed by atoms with Gasteiger partial charge in [0, 0.05) is 31.2 Å². The van der Waals surface area contributed by atoms with Gasteiger partial charge in [0.25, 0.3) is 5.91 Å². The molecular weight excluding hydrogens is 434 g/mol. The lowest BCUT2D eigenvalue weighted by molar-refractivity contribution is 0.102. The Bertz CT molecular complexity index is 1270. The lowest BCUT2D eigenvalue weighted by Crippen LogP contribution is -2.36. The normalized spacial score (nSPS) is 16.0. The van der Waals surface area contributed by atoms with Gasteiger partial charge in [-0.05, 0) is 62.9 Å². The van der Waals surface area contributed by atoms with E-state index in [0.29, 0.717) is 43.5 Å². The number of hydrogen-bond acceptors (Lipinski definition) is 7. The Balaban J connectivity index is 1.35. The monoisotopic (exact) mass is 461 g/mol. The number of carbonyl (C=O) groups is 2. The minimum Gasteiger partial charge on any atom is -0.450 e. The second-order valence-corrected chi connectivity index (χ2v) is 9.16. The summed E-state index contributed by atoms with van der Waals surface area (Å²) in [5.74, 6) is 1.68. The minimum atomic E-state index is -0.368. The van der Waals surface area contributed by atoms with Crippen LogP contribution in [0, 0.1) is 0 Å². The highest BCUT2D eigenvalue weighted by Crippen LogP contribution is 2.34. The number of rotatable bonds is 4. The maximum Gasteiger partial charge on any atom is 0.410 e. The third-order valence-electron chi connectivity index (χ3n) is 6.37. The maximum absolute atomic E-state index is 13.0. The van der Waals surface area contributed by atoms with E-state index in [4.69, 9.17) is 4.74 Å². The largest absolute Gasteiger partial charge is 0.450 e. The van der Waals surface area contributed by atoms with Crippen molar-refractivity contribution in [2.24, 2.45) is 0 Å². The van der Waals surface area contributed by atoms with Crippen LogP contribution in [0.5, 0.6) is 0 Å². The van der Waals surface area contributed by atoms with Gasteiger partial charge in [0.2, 0.25) is 0 Å². The highest BCUT2D eigenvalue weighted by molar-refractivity contribution is 6.02. The first-order valence-corrected chi connectivity index (χ1v) is 11.5. The zero-order chi connectivity index (χ0) is 23.9. The van der Waals surface area contributed by atoms with E-state index < -0.39 is 0 Å². The van der Waals surface area contributed by atoms with Crippen LogP contribution < -0.4 is 5.32 Å². The molecule has 0 atom stereocenters. The van der Waals surface area contributed by atoms with Crippen molar-refractivity contribution in [1.82, 2.24) is 29.6 Å².